The van der Waals surface area contributed by atoms with Gasteiger partial charge in [0.2, 0.25) is 0 Å². The number of aliphatic imine (C=N–C) groups is 1. The Bertz CT molecular complexity index is 2570. The van der Waals surface area contributed by atoms with E-state index in [1.807, 2.05) is 18.3 Å². The van der Waals surface area contributed by atoms with Gasteiger partial charge in [0.25, 0.3) is 0 Å². The molecule has 0 aliphatic carbocycles. The predicted octanol–water partition coefficient (Wildman–Crippen LogP) is 14.9. The van der Waals surface area contributed by atoms with Crippen molar-refractivity contribution < 1.29 is 5.11 Å². The summed E-state index contributed by atoms with van der Waals surface area (Å²) in [6, 6.07) is 39.5. The molecular weight excluding hydrogens is 689 g/mol. The number of nitrogens with zero attached hydrogens (tertiary/aromatic N) is 2. The fourth-order valence-electron chi connectivity index (χ4n) is 7.28. The molecule has 0 radical (unpaired) electrons. The summed E-state index contributed by atoms with van der Waals surface area (Å²) in [7, 11) is 0. The molecule has 55 heavy (non-hydrogen) atoms. The smallest absolute Gasteiger partial charge is 0.128 e. The van der Waals surface area contributed by atoms with Crippen LogP contribution in [0.1, 0.15) is 110 Å². The molecule has 0 spiro atoms. The number of phenolic OH excluding ortho intramolecular Hbond substituents is 1. The molecule has 1 heterocycles. The van der Waals surface area contributed by atoms with Crippen LogP contribution >= 0.6 is 11.3 Å². The fraction of sp³-hybridized carbons (Fsp3) is 0.294. The van der Waals surface area contributed by atoms with Crippen molar-refractivity contribution in [2.24, 2.45) is 4.99 Å². The zero-order valence-corrected chi connectivity index (χ0v) is 35.1. The number of phenols is 1. The minimum absolute atomic E-state index is 0.0568. The number of hydrogen-bond acceptors (Lipinski definition) is 4. The van der Waals surface area contributed by atoms with E-state index in [1.165, 1.54) is 44.2 Å². The Morgan fingerprint density at radius 2 is 1.22 bits per heavy atom. The molecule has 0 bridgehead atoms. The van der Waals surface area contributed by atoms with E-state index < -0.39 is 0 Å². The normalized spacial score (nSPS) is 12.8. The van der Waals surface area contributed by atoms with Gasteiger partial charge in [-0.05, 0) is 96.6 Å². The molecule has 0 unspecified atom stereocenters. The van der Waals surface area contributed by atoms with E-state index in [1.54, 1.807) is 11.3 Å². The molecule has 1 aromatic heterocycles. The second-order valence-corrected chi connectivity index (χ2v) is 19.4. The molecule has 0 aliphatic rings. The molecular formula is C51H54N2OS. The number of rotatable bonds is 6. The van der Waals surface area contributed by atoms with Gasteiger partial charge in [-0.1, -0.05) is 155 Å². The number of aromatic nitrogens is 1. The van der Waals surface area contributed by atoms with Crippen molar-refractivity contribution in [3.05, 3.63) is 137 Å². The lowest BCUT2D eigenvalue weighted by Crippen LogP contribution is -2.17. The van der Waals surface area contributed by atoms with Crippen LogP contribution in [0.3, 0.4) is 0 Å². The average Bonchev–Trinajstić information content (AvgIpc) is 3.57. The van der Waals surface area contributed by atoms with Crippen molar-refractivity contribution in [1.29, 1.82) is 0 Å². The largest absolute Gasteiger partial charge is 0.507 e. The molecule has 0 atom stereocenters. The Morgan fingerprint density at radius 1 is 0.618 bits per heavy atom. The number of benzene rings is 6. The topological polar surface area (TPSA) is 45.5 Å². The van der Waals surface area contributed by atoms with Crippen molar-refractivity contribution in [2.75, 3.05) is 0 Å². The van der Waals surface area contributed by atoms with Crippen LogP contribution in [0.4, 0.5) is 5.69 Å². The lowest BCUT2D eigenvalue weighted by Gasteiger charge is -2.27. The van der Waals surface area contributed by atoms with Gasteiger partial charge >= 0.3 is 0 Å². The number of hydrogen-bond donors (Lipinski definition) is 1. The van der Waals surface area contributed by atoms with Gasteiger partial charge in [-0.2, -0.15) is 0 Å². The number of fused-ring (bicyclic) bond motifs is 2. The highest BCUT2D eigenvalue weighted by atomic mass is 32.1. The fourth-order valence-corrected chi connectivity index (χ4v) is 8.35. The van der Waals surface area contributed by atoms with Gasteiger partial charge in [0.1, 0.15) is 10.8 Å². The van der Waals surface area contributed by atoms with Crippen LogP contribution in [0.25, 0.3) is 53.8 Å². The van der Waals surface area contributed by atoms with E-state index in [9.17, 15) is 5.11 Å². The van der Waals surface area contributed by atoms with E-state index >= 15 is 0 Å². The lowest BCUT2D eigenvalue weighted by atomic mass is 9.79. The van der Waals surface area contributed by atoms with Gasteiger partial charge < -0.3 is 5.11 Å². The maximum atomic E-state index is 11.5. The Morgan fingerprint density at radius 3 is 1.85 bits per heavy atom. The molecule has 280 valence electrons. The first-order chi connectivity index (χ1) is 25.9. The molecule has 6 aromatic carbocycles. The predicted molar refractivity (Wildman–Crippen MR) is 239 cm³/mol. The summed E-state index contributed by atoms with van der Waals surface area (Å²) in [4.78, 5) is 10.5. The monoisotopic (exact) mass is 742 g/mol. The van der Waals surface area contributed by atoms with Crippen LogP contribution < -0.4 is 0 Å². The summed E-state index contributed by atoms with van der Waals surface area (Å²) >= 11 is 1.71. The number of para-hydroxylation sites is 1. The van der Waals surface area contributed by atoms with Crippen LogP contribution in [-0.2, 0) is 16.2 Å². The number of thiazole rings is 1. The lowest BCUT2D eigenvalue weighted by molar-refractivity contribution is 0.444. The van der Waals surface area contributed by atoms with Gasteiger partial charge in [-0.15, -0.1) is 11.3 Å². The Balaban J connectivity index is 1.37. The van der Waals surface area contributed by atoms with Gasteiger partial charge in [-0.25, -0.2) is 4.98 Å². The molecule has 4 heteroatoms. The second-order valence-electron chi connectivity index (χ2n) is 18.4. The molecule has 0 aliphatic heterocycles. The van der Waals surface area contributed by atoms with E-state index in [4.69, 9.17) is 9.98 Å². The summed E-state index contributed by atoms with van der Waals surface area (Å²) in [5.41, 5.74) is 12.6. The highest BCUT2D eigenvalue weighted by molar-refractivity contribution is 7.21. The van der Waals surface area contributed by atoms with Gasteiger partial charge in [-0.3, -0.25) is 4.99 Å². The first kappa shape index (κ1) is 38.2. The minimum Gasteiger partial charge on any atom is -0.507 e. The summed E-state index contributed by atoms with van der Waals surface area (Å²) < 4.78 is 1.15. The molecule has 3 nitrogen and oxygen atoms in total. The zero-order valence-electron chi connectivity index (χ0n) is 34.3. The van der Waals surface area contributed by atoms with E-state index in [0.29, 0.717) is 5.92 Å². The maximum absolute atomic E-state index is 11.5. The SMILES string of the molecule is CC(C)c1ccc(-c2ccc(-c3cc(C(C)(C)C)cc4sc(-c5ccccc5N=Cc5cc(C(C)(C)C)cc(C(C)(C)C)c5O)nc34)c3ccccc23)cc1. The van der Waals surface area contributed by atoms with Gasteiger partial charge in [0.15, 0.2) is 0 Å². The third-order valence-corrected chi connectivity index (χ3v) is 11.8. The van der Waals surface area contributed by atoms with Crippen LogP contribution in [0.15, 0.2) is 114 Å². The molecule has 0 fully saturated rings. The van der Waals surface area contributed by atoms with E-state index in [-0.39, 0.29) is 22.0 Å². The van der Waals surface area contributed by atoms with Crippen molar-refractivity contribution in [1.82, 2.24) is 4.98 Å². The van der Waals surface area contributed by atoms with E-state index in [0.717, 1.165) is 43.2 Å². The zero-order chi connectivity index (χ0) is 39.4. The maximum Gasteiger partial charge on any atom is 0.128 e. The van der Waals surface area contributed by atoms with Crippen LogP contribution in [0.2, 0.25) is 0 Å². The highest BCUT2D eigenvalue weighted by Crippen LogP contribution is 2.45. The highest BCUT2D eigenvalue weighted by Gasteiger charge is 2.25. The Kier molecular flexibility index (Phi) is 9.88. The number of aromatic hydroxyl groups is 1. The quantitative estimate of drug-likeness (QED) is 0.172. The first-order valence-corrected chi connectivity index (χ1v) is 20.3. The second kappa shape index (κ2) is 14.2. The molecule has 7 aromatic rings. The van der Waals surface area contributed by atoms with Crippen molar-refractivity contribution in [2.45, 2.75) is 98.3 Å². The third-order valence-electron chi connectivity index (χ3n) is 10.8. The summed E-state index contributed by atoms with van der Waals surface area (Å²) in [5.74, 6) is 0.778. The summed E-state index contributed by atoms with van der Waals surface area (Å²) in [6.45, 7) is 24.3. The van der Waals surface area contributed by atoms with E-state index in [2.05, 4.69) is 173 Å². The van der Waals surface area contributed by atoms with Crippen molar-refractivity contribution >= 4 is 44.2 Å². The first-order valence-electron chi connectivity index (χ1n) is 19.5. The van der Waals surface area contributed by atoms with Crippen LogP contribution in [-0.4, -0.2) is 16.3 Å². The van der Waals surface area contributed by atoms with Gasteiger partial charge in [0, 0.05) is 28.5 Å². The molecule has 0 amide bonds. The minimum atomic E-state index is -0.221. The van der Waals surface area contributed by atoms with Crippen molar-refractivity contribution in [3.63, 3.8) is 0 Å². The molecule has 0 saturated carbocycles. The van der Waals surface area contributed by atoms with Crippen LogP contribution in [0, 0.1) is 0 Å². The summed E-state index contributed by atoms with van der Waals surface area (Å²) in [6.07, 6.45) is 1.82. The molecule has 0 saturated heterocycles. The molecule has 7 rings (SSSR count). The molecule has 1 N–H and O–H groups in total. The Labute approximate surface area is 331 Å². The van der Waals surface area contributed by atoms with Gasteiger partial charge in [0.05, 0.1) is 15.9 Å². The standard InChI is InChI=1S/C51H54N2OS/c1-31(2)32-20-22-33(23-21-32)37-24-25-40(39-17-13-12-16-38(37)39)42-27-36(50(6,7)8)29-45-46(42)53-48(55-45)41-18-14-15-19-44(41)52-30-34-26-35(49(3,4)5)28-43(47(34)54)51(9,10)11/h12-31,54H,1-11H3. The van der Waals surface area contributed by atoms with Crippen LogP contribution in [0.5, 0.6) is 5.75 Å². The average molecular weight is 743 g/mol. The third kappa shape index (κ3) is 7.62. The van der Waals surface area contributed by atoms with Crippen molar-refractivity contribution in [3.8, 4) is 38.6 Å². The Hall–Kier alpha value is -5.06. The summed E-state index contributed by atoms with van der Waals surface area (Å²) in [5, 5.41) is 14.9.